The fraction of sp³-hybridized carbons (Fsp3) is 0.500. The number of hydrogen-bond acceptors (Lipinski definition) is 6. The Hall–Kier alpha value is -2.69. The number of aliphatic hydroxyl groups excluding tert-OH is 1. The molecule has 0 aliphatic heterocycles. The largest absolute Gasteiger partial charge is 0.494 e. The van der Waals surface area contributed by atoms with Crippen LogP contribution in [0.1, 0.15) is 40.2 Å². The van der Waals surface area contributed by atoms with Crippen LogP contribution in [0.3, 0.4) is 0 Å². The van der Waals surface area contributed by atoms with Gasteiger partial charge in [-0.05, 0) is 56.9 Å². The number of amides is 1. The number of halogens is 1. The Balaban J connectivity index is 2.35. The molecule has 0 bridgehead atoms. The van der Waals surface area contributed by atoms with Crippen molar-refractivity contribution in [3.05, 3.63) is 59.9 Å². The van der Waals surface area contributed by atoms with E-state index in [1.807, 2.05) is 44.2 Å². The van der Waals surface area contributed by atoms with E-state index in [0.717, 1.165) is 15.9 Å². The third-order valence-electron chi connectivity index (χ3n) is 5.19. The van der Waals surface area contributed by atoms with Gasteiger partial charge in [0.25, 0.3) is 0 Å². The number of ether oxygens (including phenoxy) is 2. The number of alkyl carbamates (subject to hydrolysis) is 1. The summed E-state index contributed by atoms with van der Waals surface area (Å²) in [5, 5.41) is 13.9. The molecule has 2 rings (SSSR count). The SMILES string of the molecule is COc1ccc(S(=O)(=O)N(CC(C)C)C[C@H](O)[C@H](Cc2ccccc2)NC(=O)OC(C)(C)C)cc1F. The number of nitrogens with one attached hydrogen (secondary N) is 1. The number of carbonyl (C=O) groups is 1. The van der Waals surface area contributed by atoms with Gasteiger partial charge in [-0.2, -0.15) is 4.31 Å². The molecule has 200 valence electrons. The number of nitrogens with zero attached hydrogens (tertiary/aromatic N) is 1. The van der Waals surface area contributed by atoms with Gasteiger partial charge in [0.15, 0.2) is 11.6 Å². The summed E-state index contributed by atoms with van der Waals surface area (Å²) in [5.41, 5.74) is 0.0886. The minimum atomic E-state index is -4.17. The van der Waals surface area contributed by atoms with Gasteiger partial charge >= 0.3 is 6.09 Å². The van der Waals surface area contributed by atoms with E-state index in [4.69, 9.17) is 9.47 Å². The van der Waals surface area contributed by atoms with Gasteiger partial charge in [0.05, 0.1) is 24.2 Å². The van der Waals surface area contributed by atoms with Crippen LogP contribution in [0.15, 0.2) is 53.4 Å². The van der Waals surface area contributed by atoms with Crippen LogP contribution in [0.4, 0.5) is 9.18 Å². The molecule has 0 fully saturated rings. The van der Waals surface area contributed by atoms with Crippen molar-refractivity contribution in [1.29, 1.82) is 0 Å². The second kappa shape index (κ2) is 12.5. The molecule has 0 aliphatic carbocycles. The summed E-state index contributed by atoms with van der Waals surface area (Å²) in [6.07, 6.45) is -1.76. The van der Waals surface area contributed by atoms with Gasteiger partial charge in [-0.3, -0.25) is 0 Å². The highest BCUT2D eigenvalue weighted by Gasteiger charge is 2.32. The molecule has 1 amide bonds. The maximum absolute atomic E-state index is 14.3. The average molecular weight is 525 g/mol. The number of rotatable bonds is 11. The van der Waals surface area contributed by atoms with E-state index in [0.29, 0.717) is 0 Å². The van der Waals surface area contributed by atoms with Gasteiger partial charge in [-0.15, -0.1) is 0 Å². The maximum atomic E-state index is 14.3. The van der Waals surface area contributed by atoms with E-state index in [9.17, 15) is 22.7 Å². The first-order valence-electron chi connectivity index (χ1n) is 11.8. The number of aliphatic hydroxyl groups is 1. The molecule has 2 atom stereocenters. The minimum Gasteiger partial charge on any atom is -0.494 e. The molecule has 0 radical (unpaired) electrons. The predicted octanol–water partition coefficient (Wildman–Crippen LogP) is 3.98. The monoisotopic (exact) mass is 524 g/mol. The van der Waals surface area contributed by atoms with E-state index in [2.05, 4.69) is 5.32 Å². The summed E-state index contributed by atoms with van der Waals surface area (Å²) in [6, 6.07) is 11.8. The van der Waals surface area contributed by atoms with Gasteiger partial charge in [-0.25, -0.2) is 17.6 Å². The third kappa shape index (κ3) is 8.76. The van der Waals surface area contributed by atoms with Crippen LogP contribution < -0.4 is 10.1 Å². The van der Waals surface area contributed by atoms with E-state index in [-0.39, 0.29) is 36.1 Å². The molecule has 10 heteroatoms. The summed E-state index contributed by atoms with van der Waals surface area (Å²) in [7, 11) is -2.88. The van der Waals surface area contributed by atoms with Crippen LogP contribution in [0.2, 0.25) is 0 Å². The molecule has 36 heavy (non-hydrogen) atoms. The van der Waals surface area contributed by atoms with Crippen molar-refractivity contribution >= 4 is 16.1 Å². The molecule has 0 unspecified atom stereocenters. The van der Waals surface area contributed by atoms with Crippen molar-refractivity contribution < 1.29 is 32.2 Å². The molecular formula is C26H37FN2O6S. The second-order valence-corrected chi connectivity index (χ2v) is 12.0. The van der Waals surface area contributed by atoms with Crippen LogP contribution in [0.25, 0.3) is 0 Å². The van der Waals surface area contributed by atoms with Crippen LogP contribution in [-0.2, 0) is 21.2 Å². The Bertz CT molecular complexity index is 1100. The summed E-state index contributed by atoms with van der Waals surface area (Å²) in [4.78, 5) is 12.3. The smallest absolute Gasteiger partial charge is 0.407 e. The van der Waals surface area contributed by atoms with E-state index >= 15 is 0 Å². The Morgan fingerprint density at radius 3 is 2.28 bits per heavy atom. The number of methoxy groups -OCH3 is 1. The molecule has 2 aromatic carbocycles. The quantitative estimate of drug-likeness (QED) is 0.461. The van der Waals surface area contributed by atoms with Crippen LogP contribution in [0, 0.1) is 11.7 Å². The number of sulfonamides is 1. The lowest BCUT2D eigenvalue weighted by Gasteiger charge is -2.31. The second-order valence-electron chi connectivity index (χ2n) is 10.0. The summed E-state index contributed by atoms with van der Waals surface area (Å²) in [5.74, 6) is -0.965. The standard InChI is InChI=1S/C26H37FN2O6S/c1-18(2)16-29(36(32,33)20-12-13-24(34-6)21(27)15-20)17-23(30)22(14-19-10-8-7-9-11-19)28-25(31)35-26(3,4)5/h7-13,15,18,22-23,30H,14,16-17H2,1-6H3,(H,28,31)/t22-,23-/m0/s1. The topological polar surface area (TPSA) is 105 Å². The van der Waals surface area contributed by atoms with Crippen LogP contribution in [-0.4, -0.2) is 61.9 Å². The number of carbonyl (C=O) groups excluding carboxylic acids is 1. The van der Waals surface area contributed by atoms with E-state index in [1.54, 1.807) is 20.8 Å². The van der Waals surface area contributed by atoms with Crippen molar-refractivity contribution in [1.82, 2.24) is 9.62 Å². The van der Waals surface area contributed by atoms with Crippen molar-refractivity contribution in [3.8, 4) is 5.75 Å². The van der Waals surface area contributed by atoms with Gasteiger partial charge in [0.1, 0.15) is 5.60 Å². The zero-order valence-electron chi connectivity index (χ0n) is 21.7. The lowest BCUT2D eigenvalue weighted by molar-refractivity contribution is 0.0400. The predicted molar refractivity (Wildman–Crippen MR) is 136 cm³/mol. The Morgan fingerprint density at radius 1 is 1.11 bits per heavy atom. The molecule has 2 aromatic rings. The van der Waals surface area contributed by atoms with Crippen molar-refractivity contribution in [2.45, 2.75) is 63.7 Å². The summed E-state index contributed by atoms with van der Waals surface area (Å²) < 4.78 is 52.5. The van der Waals surface area contributed by atoms with Gasteiger partial charge in [0.2, 0.25) is 10.0 Å². The molecule has 0 spiro atoms. The normalized spacial score (nSPS) is 13.9. The molecule has 2 N–H and O–H groups in total. The first-order chi connectivity index (χ1) is 16.7. The zero-order chi connectivity index (χ0) is 27.1. The van der Waals surface area contributed by atoms with Gasteiger partial charge in [-0.1, -0.05) is 44.2 Å². The molecule has 8 nitrogen and oxygen atoms in total. The highest BCUT2D eigenvalue weighted by Crippen LogP contribution is 2.24. The summed E-state index contributed by atoms with van der Waals surface area (Å²) >= 11 is 0. The Morgan fingerprint density at radius 2 is 1.75 bits per heavy atom. The van der Waals surface area contributed by atoms with Crippen molar-refractivity contribution in [2.24, 2.45) is 5.92 Å². The first kappa shape index (κ1) is 29.5. The number of benzene rings is 2. The zero-order valence-corrected chi connectivity index (χ0v) is 22.5. The Kier molecular flexibility index (Phi) is 10.3. The first-order valence-corrected chi connectivity index (χ1v) is 13.2. The lowest BCUT2D eigenvalue weighted by atomic mass is 10.0. The molecule has 0 saturated heterocycles. The van der Waals surface area contributed by atoms with E-state index in [1.165, 1.54) is 19.2 Å². The van der Waals surface area contributed by atoms with Crippen LogP contribution in [0.5, 0.6) is 5.75 Å². The average Bonchev–Trinajstić information content (AvgIpc) is 2.77. The molecular weight excluding hydrogens is 487 g/mol. The lowest BCUT2D eigenvalue weighted by Crippen LogP contribution is -2.51. The third-order valence-corrected chi connectivity index (χ3v) is 7.01. The maximum Gasteiger partial charge on any atom is 0.407 e. The summed E-state index contributed by atoms with van der Waals surface area (Å²) in [6.45, 7) is 8.60. The molecule has 0 heterocycles. The van der Waals surface area contributed by atoms with Gasteiger partial charge < -0.3 is 19.9 Å². The Labute approximate surface area is 213 Å². The van der Waals surface area contributed by atoms with Gasteiger partial charge in [0, 0.05) is 13.1 Å². The fourth-order valence-corrected chi connectivity index (χ4v) is 5.21. The van der Waals surface area contributed by atoms with Crippen molar-refractivity contribution in [3.63, 3.8) is 0 Å². The number of hydrogen-bond donors (Lipinski definition) is 2. The molecule has 0 aliphatic rings. The minimum absolute atomic E-state index is 0.0751. The van der Waals surface area contributed by atoms with Crippen molar-refractivity contribution in [2.75, 3.05) is 20.2 Å². The molecule has 0 aromatic heterocycles. The highest BCUT2D eigenvalue weighted by molar-refractivity contribution is 7.89. The van der Waals surface area contributed by atoms with Crippen LogP contribution >= 0.6 is 0 Å². The fourth-order valence-electron chi connectivity index (χ4n) is 3.58. The highest BCUT2D eigenvalue weighted by atomic mass is 32.2. The van der Waals surface area contributed by atoms with E-state index < -0.39 is 39.7 Å². The molecule has 0 saturated carbocycles.